The number of H-pyrrole nitrogens is 2. The van der Waals surface area contributed by atoms with Crippen molar-refractivity contribution >= 4 is 80.5 Å². The number of para-hydroxylation sites is 4. The van der Waals surface area contributed by atoms with Crippen molar-refractivity contribution in [3.05, 3.63) is 205 Å². The number of rotatable bonds is 7. The molecule has 6 heteroatoms. The fraction of sp³-hybridized carbons (Fsp3) is 0. The molecule has 0 saturated heterocycles. The highest BCUT2D eigenvalue weighted by atomic mass is 15.2. The van der Waals surface area contributed by atoms with Crippen LogP contribution >= 0.6 is 0 Å². The monoisotopic (exact) mass is 720 g/mol. The van der Waals surface area contributed by atoms with E-state index in [4.69, 9.17) is 9.97 Å². The molecule has 2 N–H and O–H groups in total. The Labute approximate surface area is 325 Å². The first-order chi connectivity index (χ1) is 27.8. The first-order valence-corrected chi connectivity index (χ1v) is 18.8. The van der Waals surface area contributed by atoms with Crippen LogP contribution in [0.5, 0.6) is 0 Å². The van der Waals surface area contributed by atoms with Gasteiger partial charge in [-0.1, -0.05) is 103 Å². The van der Waals surface area contributed by atoms with Gasteiger partial charge in [0.25, 0.3) is 0 Å². The van der Waals surface area contributed by atoms with Crippen molar-refractivity contribution in [3.63, 3.8) is 0 Å². The fourth-order valence-corrected chi connectivity index (χ4v) is 7.61. The molecule has 0 atom stereocenters. The number of hydrogen-bond acceptors (Lipinski definition) is 4. The first kappa shape index (κ1) is 32.9. The molecule has 10 rings (SSSR count). The topological polar surface area (TPSA) is 63.8 Å². The lowest BCUT2D eigenvalue weighted by Crippen LogP contribution is -2.11. The highest BCUT2D eigenvalue weighted by Gasteiger charge is 2.23. The second-order valence-corrected chi connectivity index (χ2v) is 13.7. The lowest BCUT2D eigenvalue weighted by atomic mass is 10.0. The lowest BCUT2D eigenvalue weighted by Gasteiger charge is -2.26. The Morgan fingerprint density at radius 3 is 1.34 bits per heavy atom. The van der Waals surface area contributed by atoms with Gasteiger partial charge in [0.05, 0.1) is 45.2 Å². The van der Waals surface area contributed by atoms with Crippen LogP contribution in [0.4, 0.5) is 34.1 Å². The number of aromatic nitrogens is 4. The van der Waals surface area contributed by atoms with Gasteiger partial charge in [-0.15, -0.1) is 0 Å². The number of anilines is 6. The summed E-state index contributed by atoms with van der Waals surface area (Å²) in [7, 11) is 0. The van der Waals surface area contributed by atoms with E-state index in [-0.39, 0.29) is 0 Å². The summed E-state index contributed by atoms with van der Waals surface area (Å²) in [4.78, 5) is 22.9. The van der Waals surface area contributed by atoms with E-state index >= 15 is 0 Å². The van der Waals surface area contributed by atoms with Crippen molar-refractivity contribution in [3.8, 4) is 11.1 Å². The van der Waals surface area contributed by atoms with Gasteiger partial charge in [-0.3, -0.25) is 0 Å². The third kappa shape index (κ3) is 6.15. The molecule has 0 spiro atoms. The highest BCUT2D eigenvalue weighted by Crippen LogP contribution is 2.43. The second-order valence-electron chi connectivity index (χ2n) is 13.7. The predicted molar refractivity (Wildman–Crippen MR) is 234 cm³/mol. The molecular weight excluding hydrogens is 685 g/mol. The van der Waals surface area contributed by atoms with Gasteiger partial charge in [0.15, 0.2) is 0 Å². The number of benzene rings is 5. The Bertz CT molecular complexity index is 2740. The minimum Gasteiger partial charge on any atom is -0.354 e. The molecule has 2 aliphatic heterocycles. The van der Waals surface area contributed by atoms with E-state index in [1.807, 2.05) is 24.3 Å². The van der Waals surface area contributed by atoms with E-state index in [0.29, 0.717) is 0 Å². The number of fused-ring (bicyclic) bond motifs is 8. The zero-order chi connectivity index (χ0) is 37.3. The van der Waals surface area contributed by atoms with Crippen LogP contribution in [-0.2, 0) is 0 Å². The molecule has 2 aliphatic rings. The van der Waals surface area contributed by atoms with Crippen LogP contribution < -0.4 is 9.80 Å². The summed E-state index contributed by atoms with van der Waals surface area (Å²) in [6.07, 6.45) is 8.46. The van der Waals surface area contributed by atoms with Crippen molar-refractivity contribution in [1.29, 1.82) is 0 Å². The van der Waals surface area contributed by atoms with Crippen LogP contribution in [0.15, 0.2) is 182 Å². The maximum absolute atomic E-state index is 5.48. The smallest absolute Gasteiger partial charge is 0.0957 e. The Morgan fingerprint density at radius 2 is 0.786 bits per heavy atom. The van der Waals surface area contributed by atoms with Crippen molar-refractivity contribution in [2.75, 3.05) is 9.80 Å². The molecule has 0 fully saturated rings. The molecule has 0 unspecified atom stereocenters. The van der Waals surface area contributed by atoms with Crippen LogP contribution in [0, 0.1) is 0 Å². The summed E-state index contributed by atoms with van der Waals surface area (Å²) in [5.74, 6) is 0. The minimum absolute atomic E-state index is 0.841. The fourth-order valence-electron chi connectivity index (χ4n) is 7.61. The molecule has 0 amide bonds. The average molecular weight is 721 g/mol. The van der Waals surface area contributed by atoms with Crippen LogP contribution in [0.1, 0.15) is 22.8 Å². The molecule has 5 aromatic carbocycles. The average Bonchev–Trinajstić information content (AvgIpc) is 4.11. The Morgan fingerprint density at radius 1 is 0.357 bits per heavy atom. The standard InChI is InChI=1S/C50H36N6/c1-6-16-35(17-7-1)48-42-30-32-46(53-42)49(55(38-18-8-2-9-19-38)39-20-10-3-11-21-39)44-28-26-36(51-44)34-37-27-29-45(52-37)50(47-33-31-43(48)54-47)56(40-22-12-4-13-23-40)41-24-14-5-15-25-41/h1-34,51,54H. The quantitative estimate of drug-likeness (QED) is 0.172. The van der Waals surface area contributed by atoms with Crippen LogP contribution in [0.2, 0.25) is 0 Å². The summed E-state index contributed by atoms with van der Waals surface area (Å²) >= 11 is 0. The maximum Gasteiger partial charge on any atom is 0.0957 e. The highest BCUT2D eigenvalue weighted by molar-refractivity contribution is 5.99. The van der Waals surface area contributed by atoms with Gasteiger partial charge in [0.2, 0.25) is 0 Å². The Hall–Kier alpha value is -7.70. The maximum atomic E-state index is 5.48. The minimum atomic E-state index is 0.841. The van der Waals surface area contributed by atoms with Crippen molar-refractivity contribution in [2.45, 2.75) is 0 Å². The zero-order valence-corrected chi connectivity index (χ0v) is 30.4. The van der Waals surface area contributed by atoms with Crippen molar-refractivity contribution < 1.29 is 0 Å². The normalized spacial score (nSPS) is 11.8. The molecule has 8 bridgehead atoms. The SMILES string of the molecule is C1=Cc2nc1cc1ccc([nH]1)c(N(c1ccccc1)c1ccccc1)c1nc(c(-c3ccccc3)c3ccc([nH]3)c2N(c2ccccc2)c2ccccc2)C=C1. The first-order valence-electron chi connectivity index (χ1n) is 18.8. The van der Waals surface area contributed by atoms with Crippen molar-refractivity contribution in [2.24, 2.45) is 0 Å². The molecule has 3 aromatic heterocycles. The van der Waals surface area contributed by atoms with E-state index < -0.39 is 0 Å². The number of aromatic amines is 2. The third-order valence-corrected chi connectivity index (χ3v) is 10.1. The molecule has 0 saturated carbocycles. The molecular formula is C50H36N6. The summed E-state index contributed by atoms with van der Waals surface area (Å²) in [6, 6.07) is 63.1. The molecule has 8 aromatic rings. The Kier molecular flexibility index (Phi) is 8.39. The molecule has 5 heterocycles. The summed E-state index contributed by atoms with van der Waals surface area (Å²) in [6.45, 7) is 0. The molecule has 6 nitrogen and oxygen atoms in total. The number of nitrogens with zero attached hydrogens (tertiary/aromatic N) is 4. The van der Waals surface area contributed by atoms with Crippen molar-refractivity contribution in [1.82, 2.24) is 19.9 Å². The van der Waals surface area contributed by atoms with Gasteiger partial charge in [-0.05, 0) is 109 Å². The van der Waals surface area contributed by atoms with Gasteiger partial charge >= 0.3 is 0 Å². The van der Waals surface area contributed by atoms with E-state index in [1.54, 1.807) is 0 Å². The van der Waals surface area contributed by atoms with E-state index in [0.717, 1.165) is 90.1 Å². The van der Waals surface area contributed by atoms with Gasteiger partial charge in [0.1, 0.15) is 0 Å². The largest absolute Gasteiger partial charge is 0.354 e. The summed E-state index contributed by atoms with van der Waals surface area (Å²) in [5.41, 5.74) is 15.2. The van der Waals surface area contributed by atoms with Gasteiger partial charge in [-0.2, -0.15) is 0 Å². The van der Waals surface area contributed by atoms with E-state index in [9.17, 15) is 0 Å². The van der Waals surface area contributed by atoms with Crippen LogP contribution in [0.3, 0.4) is 0 Å². The molecule has 266 valence electrons. The van der Waals surface area contributed by atoms with Gasteiger partial charge in [-0.25, -0.2) is 9.97 Å². The summed E-state index contributed by atoms with van der Waals surface area (Å²) in [5, 5.41) is 0. The van der Waals surface area contributed by atoms with E-state index in [2.05, 4.69) is 202 Å². The molecule has 0 radical (unpaired) electrons. The van der Waals surface area contributed by atoms with Crippen LogP contribution in [-0.4, -0.2) is 19.9 Å². The van der Waals surface area contributed by atoms with Gasteiger partial charge in [0, 0.05) is 39.3 Å². The molecule has 56 heavy (non-hydrogen) atoms. The zero-order valence-electron chi connectivity index (χ0n) is 30.4. The molecule has 0 aliphatic carbocycles. The summed E-state index contributed by atoms with van der Waals surface area (Å²) < 4.78 is 0. The third-order valence-electron chi connectivity index (χ3n) is 10.1. The van der Waals surface area contributed by atoms with Crippen LogP contribution in [0.25, 0.3) is 57.5 Å². The second kappa shape index (κ2) is 14.3. The number of hydrogen-bond donors (Lipinski definition) is 2. The predicted octanol–water partition coefficient (Wildman–Crippen LogP) is 13.3. The Balaban J connectivity index is 1.33. The van der Waals surface area contributed by atoms with Gasteiger partial charge < -0.3 is 19.8 Å². The number of nitrogens with one attached hydrogen (secondary N) is 2. The lowest BCUT2D eigenvalue weighted by molar-refractivity contribution is 1.23. The van der Waals surface area contributed by atoms with E-state index in [1.165, 1.54) is 0 Å².